The molecule has 0 atom stereocenters. The van der Waals surface area contributed by atoms with Crippen molar-refractivity contribution in [3.05, 3.63) is 47.7 Å². The Morgan fingerprint density at radius 1 is 1.14 bits per heavy atom. The summed E-state index contributed by atoms with van der Waals surface area (Å²) in [7, 11) is 1.62. The van der Waals surface area contributed by atoms with Crippen LogP contribution in [-0.2, 0) is 6.42 Å². The van der Waals surface area contributed by atoms with E-state index in [1.807, 2.05) is 58.0 Å². The van der Waals surface area contributed by atoms with Crippen molar-refractivity contribution in [2.45, 2.75) is 34.1 Å². The summed E-state index contributed by atoms with van der Waals surface area (Å²) in [5.74, 6) is 1.36. The molecule has 3 N–H and O–H groups in total. The number of fused-ring (bicyclic) bond motifs is 1. The Labute approximate surface area is 172 Å². The average Bonchev–Trinajstić information content (AvgIpc) is 2.76. The molecule has 152 valence electrons. The highest BCUT2D eigenvalue weighted by molar-refractivity contribution is 5.99. The zero-order chi connectivity index (χ0) is 21.4. The van der Waals surface area contributed by atoms with Gasteiger partial charge in [0.1, 0.15) is 17.6 Å². The van der Waals surface area contributed by atoms with Crippen molar-refractivity contribution in [3.8, 4) is 17.6 Å². The van der Waals surface area contributed by atoms with Crippen molar-refractivity contribution in [1.29, 1.82) is 5.26 Å². The fraction of sp³-hybridized carbons (Fsp3) is 0.304. The van der Waals surface area contributed by atoms with Gasteiger partial charge < -0.3 is 20.5 Å². The maximum atomic E-state index is 9.75. The number of rotatable bonds is 6. The SMILES string of the molecule is CC.CCOc1cc2nc(CC)c(C#N)c(Nc3ccc(OC)cc3)c2cc1N. The summed E-state index contributed by atoms with van der Waals surface area (Å²) in [6, 6.07) is 13.4. The molecule has 0 fully saturated rings. The zero-order valence-electron chi connectivity index (χ0n) is 17.7. The number of anilines is 3. The predicted molar refractivity (Wildman–Crippen MR) is 119 cm³/mol. The molecule has 0 aliphatic rings. The highest BCUT2D eigenvalue weighted by Gasteiger charge is 2.16. The highest BCUT2D eigenvalue weighted by Crippen LogP contribution is 2.36. The van der Waals surface area contributed by atoms with Gasteiger partial charge in [0, 0.05) is 17.1 Å². The lowest BCUT2D eigenvalue weighted by Gasteiger charge is -2.16. The molecule has 3 aromatic rings. The number of nitrogen functional groups attached to an aromatic ring is 1. The monoisotopic (exact) mass is 392 g/mol. The molecule has 0 aliphatic heterocycles. The Bertz CT molecular complexity index is 1010. The van der Waals surface area contributed by atoms with Crippen molar-refractivity contribution in [3.63, 3.8) is 0 Å². The normalized spacial score (nSPS) is 9.93. The largest absolute Gasteiger partial charge is 0.497 e. The van der Waals surface area contributed by atoms with Crippen molar-refractivity contribution < 1.29 is 9.47 Å². The van der Waals surface area contributed by atoms with Crippen LogP contribution in [0.5, 0.6) is 11.5 Å². The molecular weight excluding hydrogens is 364 g/mol. The van der Waals surface area contributed by atoms with Gasteiger partial charge in [-0.1, -0.05) is 20.8 Å². The average molecular weight is 393 g/mol. The predicted octanol–water partition coefficient (Wildman–Crippen LogP) is 5.43. The van der Waals surface area contributed by atoms with Gasteiger partial charge in [0.2, 0.25) is 0 Å². The molecule has 0 saturated heterocycles. The van der Waals surface area contributed by atoms with E-state index in [9.17, 15) is 5.26 Å². The first-order valence-electron chi connectivity index (χ1n) is 9.81. The summed E-state index contributed by atoms with van der Waals surface area (Å²) in [6.07, 6.45) is 0.643. The van der Waals surface area contributed by atoms with E-state index in [1.165, 1.54) is 0 Å². The molecule has 1 heterocycles. The molecule has 0 aliphatic carbocycles. The number of hydrogen-bond acceptors (Lipinski definition) is 6. The van der Waals surface area contributed by atoms with Crippen LogP contribution in [0.15, 0.2) is 36.4 Å². The Kier molecular flexibility index (Phi) is 7.67. The number of nitrogens with two attached hydrogens (primary N) is 1. The van der Waals surface area contributed by atoms with Crippen LogP contribution in [0.3, 0.4) is 0 Å². The quantitative estimate of drug-likeness (QED) is 0.543. The lowest BCUT2D eigenvalue weighted by atomic mass is 10.0. The molecule has 6 heteroatoms. The third-order valence-corrected chi connectivity index (χ3v) is 4.30. The number of pyridine rings is 1. The van der Waals surface area contributed by atoms with E-state index in [2.05, 4.69) is 16.4 Å². The van der Waals surface area contributed by atoms with Gasteiger partial charge in [0.25, 0.3) is 0 Å². The lowest BCUT2D eigenvalue weighted by Crippen LogP contribution is -2.04. The topological polar surface area (TPSA) is 93.2 Å². The summed E-state index contributed by atoms with van der Waals surface area (Å²) in [5, 5.41) is 13.9. The van der Waals surface area contributed by atoms with E-state index >= 15 is 0 Å². The third-order valence-electron chi connectivity index (χ3n) is 4.30. The van der Waals surface area contributed by atoms with Crippen LogP contribution >= 0.6 is 0 Å². The van der Waals surface area contributed by atoms with Gasteiger partial charge >= 0.3 is 0 Å². The molecule has 0 spiro atoms. The Morgan fingerprint density at radius 2 is 1.83 bits per heavy atom. The van der Waals surface area contributed by atoms with E-state index in [0.717, 1.165) is 28.0 Å². The summed E-state index contributed by atoms with van der Waals surface area (Å²) in [5.41, 5.74) is 10.2. The first-order chi connectivity index (χ1) is 14.1. The van der Waals surface area contributed by atoms with Gasteiger partial charge in [-0.15, -0.1) is 0 Å². The number of aryl methyl sites for hydroxylation is 1. The van der Waals surface area contributed by atoms with E-state index < -0.39 is 0 Å². The molecule has 0 unspecified atom stereocenters. The number of nitrogens with zero attached hydrogens (tertiary/aromatic N) is 2. The Hall–Kier alpha value is -3.46. The van der Waals surface area contributed by atoms with Gasteiger partial charge in [-0.05, 0) is 43.7 Å². The number of methoxy groups -OCH3 is 1. The summed E-state index contributed by atoms with van der Waals surface area (Å²) >= 11 is 0. The number of hydrogen-bond donors (Lipinski definition) is 2. The van der Waals surface area contributed by atoms with E-state index in [4.69, 9.17) is 15.2 Å². The second-order valence-electron chi connectivity index (χ2n) is 5.97. The van der Waals surface area contributed by atoms with Crippen LogP contribution in [0.25, 0.3) is 10.9 Å². The maximum Gasteiger partial charge on any atom is 0.144 e. The van der Waals surface area contributed by atoms with Crippen molar-refractivity contribution in [2.24, 2.45) is 0 Å². The highest BCUT2D eigenvalue weighted by atomic mass is 16.5. The number of aromatic nitrogens is 1. The molecular formula is C23H28N4O2. The summed E-state index contributed by atoms with van der Waals surface area (Å²) in [6.45, 7) is 8.40. The van der Waals surface area contributed by atoms with Gasteiger partial charge in [-0.25, -0.2) is 0 Å². The van der Waals surface area contributed by atoms with Crippen LogP contribution in [0.1, 0.15) is 39.0 Å². The number of nitrogens with one attached hydrogen (secondary N) is 1. The smallest absolute Gasteiger partial charge is 0.144 e. The molecule has 3 rings (SSSR count). The molecule has 0 radical (unpaired) electrons. The second kappa shape index (κ2) is 10.2. The van der Waals surface area contributed by atoms with Crippen LogP contribution in [-0.4, -0.2) is 18.7 Å². The first kappa shape index (κ1) is 21.8. The lowest BCUT2D eigenvalue weighted by molar-refractivity contribution is 0.342. The number of benzene rings is 2. The van der Waals surface area contributed by atoms with Gasteiger partial charge in [-0.3, -0.25) is 4.98 Å². The molecule has 0 bridgehead atoms. The summed E-state index contributed by atoms with van der Waals surface area (Å²) < 4.78 is 10.8. The van der Waals surface area contributed by atoms with E-state index in [1.54, 1.807) is 13.2 Å². The Balaban J connectivity index is 0.00000145. The van der Waals surface area contributed by atoms with Crippen molar-refractivity contribution in [1.82, 2.24) is 4.98 Å². The minimum Gasteiger partial charge on any atom is -0.497 e. The van der Waals surface area contributed by atoms with Crippen LogP contribution < -0.4 is 20.5 Å². The maximum absolute atomic E-state index is 9.75. The fourth-order valence-electron chi connectivity index (χ4n) is 2.96. The molecule has 1 aromatic heterocycles. The Morgan fingerprint density at radius 3 is 2.38 bits per heavy atom. The molecule has 2 aromatic carbocycles. The van der Waals surface area contributed by atoms with Gasteiger partial charge in [0.15, 0.2) is 0 Å². The molecule has 29 heavy (non-hydrogen) atoms. The zero-order valence-corrected chi connectivity index (χ0v) is 17.7. The number of ether oxygens (including phenoxy) is 2. The van der Waals surface area contributed by atoms with Crippen molar-refractivity contribution >= 4 is 28.0 Å². The molecule has 0 saturated carbocycles. The van der Waals surface area contributed by atoms with Crippen LogP contribution in [0.2, 0.25) is 0 Å². The minimum absolute atomic E-state index is 0.511. The standard InChI is InChI=1S/C21H22N4O2.C2H6/c1-4-18-16(12-22)21(24-13-6-8-14(26-3)9-7-13)15-10-17(23)20(27-5-2)11-19(15)25-18;1-2/h6-11H,4-5,23H2,1-3H3,(H,24,25);1-2H3. The first-order valence-corrected chi connectivity index (χ1v) is 9.81. The minimum atomic E-state index is 0.511. The van der Waals surface area contributed by atoms with Gasteiger partial charge in [0.05, 0.1) is 41.9 Å². The van der Waals surface area contributed by atoms with E-state index in [0.29, 0.717) is 35.7 Å². The molecule has 0 amide bonds. The number of nitriles is 1. The summed E-state index contributed by atoms with van der Waals surface area (Å²) in [4.78, 5) is 4.66. The van der Waals surface area contributed by atoms with E-state index in [-0.39, 0.29) is 0 Å². The van der Waals surface area contributed by atoms with Crippen LogP contribution in [0, 0.1) is 11.3 Å². The molecule has 6 nitrogen and oxygen atoms in total. The second-order valence-corrected chi connectivity index (χ2v) is 5.97. The third kappa shape index (κ3) is 4.69. The van der Waals surface area contributed by atoms with Crippen molar-refractivity contribution in [2.75, 3.05) is 24.8 Å². The fourth-order valence-corrected chi connectivity index (χ4v) is 2.96. The van der Waals surface area contributed by atoms with Gasteiger partial charge in [-0.2, -0.15) is 5.26 Å². The van der Waals surface area contributed by atoms with Crippen LogP contribution in [0.4, 0.5) is 17.1 Å².